The number of aromatic nitrogens is 1. The molecule has 30 heavy (non-hydrogen) atoms. The topological polar surface area (TPSA) is 69.7 Å². The first-order valence-corrected chi connectivity index (χ1v) is 9.89. The zero-order valence-corrected chi connectivity index (χ0v) is 17.0. The quantitative estimate of drug-likeness (QED) is 0.688. The Hall–Kier alpha value is -2.94. The van der Waals surface area contributed by atoms with Crippen LogP contribution in [-0.2, 0) is 13.1 Å². The molecule has 2 N–H and O–H groups in total. The summed E-state index contributed by atoms with van der Waals surface area (Å²) in [7, 11) is 2.11. The van der Waals surface area contributed by atoms with Gasteiger partial charge in [0.2, 0.25) is 0 Å². The Balaban J connectivity index is 1.41. The normalized spacial score (nSPS) is 14.6. The minimum Gasteiger partial charge on any atom is -0.488 e. The number of benzene rings is 1. The van der Waals surface area contributed by atoms with Crippen molar-refractivity contribution in [2.75, 3.05) is 44.7 Å². The largest absolute Gasteiger partial charge is 0.488 e. The van der Waals surface area contributed by atoms with Crippen LogP contribution in [-0.4, -0.2) is 62.2 Å². The number of halogens is 2. The Morgan fingerprint density at radius 3 is 2.50 bits per heavy atom. The van der Waals surface area contributed by atoms with Crippen molar-refractivity contribution < 1.29 is 18.3 Å². The molecule has 1 aliphatic heterocycles. The van der Waals surface area contributed by atoms with Crippen molar-refractivity contribution in [2.24, 2.45) is 0 Å². The summed E-state index contributed by atoms with van der Waals surface area (Å²) in [4.78, 5) is 21.1. The van der Waals surface area contributed by atoms with Gasteiger partial charge in [-0.15, -0.1) is 0 Å². The fraction of sp³-hybridized carbons (Fsp3) is 0.429. The summed E-state index contributed by atoms with van der Waals surface area (Å²) in [5.74, 6) is 1.30. The number of piperazine rings is 1. The van der Waals surface area contributed by atoms with Gasteiger partial charge in [0.25, 0.3) is 6.43 Å². The number of likely N-dealkylation sites (N-methyl/N-ethyl adjacent to an activating group) is 1. The lowest BCUT2D eigenvalue weighted by molar-refractivity contribution is 0.0818. The van der Waals surface area contributed by atoms with Crippen LogP contribution in [0.25, 0.3) is 0 Å². The zero-order chi connectivity index (χ0) is 21.3. The van der Waals surface area contributed by atoms with Crippen LogP contribution in [0.5, 0.6) is 5.75 Å². The minimum absolute atomic E-state index is 0.262. The average Bonchev–Trinajstić information content (AvgIpc) is 2.76. The van der Waals surface area contributed by atoms with E-state index in [4.69, 9.17) is 4.74 Å². The molecule has 0 atom stereocenters. The van der Waals surface area contributed by atoms with Crippen molar-refractivity contribution in [3.05, 3.63) is 53.7 Å². The summed E-state index contributed by atoms with van der Waals surface area (Å²) in [5.41, 5.74) is 1.67. The number of anilines is 1. The Bertz CT molecular complexity index is 811. The fourth-order valence-electron chi connectivity index (χ4n) is 3.08. The molecule has 7 nitrogen and oxygen atoms in total. The van der Waals surface area contributed by atoms with Crippen molar-refractivity contribution >= 4 is 11.8 Å². The zero-order valence-electron chi connectivity index (χ0n) is 17.0. The van der Waals surface area contributed by atoms with Crippen molar-refractivity contribution in [3.63, 3.8) is 0 Å². The van der Waals surface area contributed by atoms with E-state index in [1.165, 1.54) is 0 Å². The lowest BCUT2D eigenvalue weighted by Crippen LogP contribution is -2.44. The molecule has 9 heteroatoms. The van der Waals surface area contributed by atoms with E-state index >= 15 is 0 Å². The smallest absolute Gasteiger partial charge is 0.315 e. The van der Waals surface area contributed by atoms with Crippen molar-refractivity contribution in [3.8, 4) is 5.75 Å². The molecule has 1 fully saturated rings. The standard InChI is InChI=1S/C21H27F2N5O2/c1-27-7-9-28(10-8-27)20-6-5-17(13-24-20)14-26-21(29)25-12-16-3-2-4-18(11-16)30-15-19(22)23/h2-6,11,13,19H,7-10,12,14-15H2,1H3,(H2,25,26,29). The van der Waals surface area contributed by atoms with Gasteiger partial charge in [0.05, 0.1) is 0 Å². The Morgan fingerprint density at radius 2 is 1.83 bits per heavy atom. The molecule has 0 spiro atoms. The summed E-state index contributed by atoms with van der Waals surface area (Å²) in [5, 5.41) is 5.53. The van der Waals surface area contributed by atoms with Crippen LogP contribution >= 0.6 is 0 Å². The first kappa shape index (κ1) is 21.8. The molecule has 2 heterocycles. The van der Waals surface area contributed by atoms with E-state index in [9.17, 15) is 13.6 Å². The molecule has 3 rings (SSSR count). The third kappa shape index (κ3) is 6.84. The second-order valence-electron chi connectivity index (χ2n) is 7.20. The predicted molar refractivity (Wildman–Crippen MR) is 111 cm³/mol. The third-order valence-electron chi connectivity index (χ3n) is 4.82. The second-order valence-corrected chi connectivity index (χ2v) is 7.20. The van der Waals surface area contributed by atoms with E-state index in [1.54, 1.807) is 30.5 Å². The minimum atomic E-state index is -2.53. The molecule has 2 aromatic rings. The highest BCUT2D eigenvalue weighted by Gasteiger charge is 2.15. The molecule has 1 saturated heterocycles. The number of hydrogen-bond donors (Lipinski definition) is 2. The number of amides is 2. The van der Waals surface area contributed by atoms with E-state index in [0.717, 1.165) is 43.1 Å². The number of carbonyl (C=O) groups is 1. The average molecular weight is 419 g/mol. The van der Waals surface area contributed by atoms with Gasteiger partial charge in [-0.2, -0.15) is 0 Å². The Labute approximate surface area is 175 Å². The van der Waals surface area contributed by atoms with E-state index in [0.29, 0.717) is 12.3 Å². The van der Waals surface area contributed by atoms with Crippen LogP contribution in [0.2, 0.25) is 0 Å². The van der Waals surface area contributed by atoms with Gasteiger partial charge in [0, 0.05) is 45.5 Å². The number of rotatable bonds is 8. The number of urea groups is 1. The molecule has 162 valence electrons. The predicted octanol–water partition coefficient (Wildman–Crippen LogP) is 2.48. The monoisotopic (exact) mass is 419 g/mol. The molecule has 0 bridgehead atoms. The maximum Gasteiger partial charge on any atom is 0.315 e. The third-order valence-corrected chi connectivity index (χ3v) is 4.82. The van der Waals surface area contributed by atoms with Crippen molar-refractivity contribution in [2.45, 2.75) is 19.5 Å². The lowest BCUT2D eigenvalue weighted by atomic mass is 10.2. The molecular weight excluding hydrogens is 392 g/mol. The molecule has 0 radical (unpaired) electrons. The molecule has 0 aliphatic carbocycles. The Morgan fingerprint density at radius 1 is 1.10 bits per heavy atom. The number of carbonyl (C=O) groups excluding carboxylic acids is 1. The summed E-state index contributed by atoms with van der Waals surface area (Å²) < 4.78 is 29.5. The first-order valence-electron chi connectivity index (χ1n) is 9.89. The van der Waals surface area contributed by atoms with Crippen molar-refractivity contribution in [1.29, 1.82) is 0 Å². The highest BCUT2D eigenvalue weighted by Crippen LogP contribution is 2.15. The molecule has 2 amide bonds. The van der Waals surface area contributed by atoms with Gasteiger partial charge in [-0.25, -0.2) is 18.6 Å². The van der Waals surface area contributed by atoms with E-state index in [2.05, 4.69) is 32.5 Å². The van der Waals surface area contributed by atoms with Gasteiger partial charge >= 0.3 is 6.03 Å². The van der Waals surface area contributed by atoms with Crippen LogP contribution < -0.4 is 20.3 Å². The van der Waals surface area contributed by atoms with Crippen molar-refractivity contribution in [1.82, 2.24) is 20.5 Å². The molecular formula is C21H27F2N5O2. The fourth-order valence-corrected chi connectivity index (χ4v) is 3.08. The summed E-state index contributed by atoms with van der Waals surface area (Å²) in [6, 6.07) is 10.3. The molecule has 1 aromatic heterocycles. The number of hydrogen-bond acceptors (Lipinski definition) is 5. The highest BCUT2D eigenvalue weighted by atomic mass is 19.3. The number of nitrogens with zero attached hydrogens (tertiary/aromatic N) is 3. The van der Waals surface area contributed by atoms with Gasteiger partial charge in [-0.3, -0.25) is 0 Å². The summed E-state index contributed by atoms with van der Waals surface area (Å²) in [6.07, 6.45) is -0.750. The lowest BCUT2D eigenvalue weighted by Gasteiger charge is -2.33. The van der Waals surface area contributed by atoms with Crippen LogP contribution in [0.15, 0.2) is 42.6 Å². The van der Waals surface area contributed by atoms with Crippen LogP contribution in [0, 0.1) is 0 Å². The van der Waals surface area contributed by atoms with Crippen LogP contribution in [0.1, 0.15) is 11.1 Å². The number of nitrogens with one attached hydrogen (secondary N) is 2. The number of alkyl halides is 2. The summed E-state index contributed by atoms with van der Waals surface area (Å²) in [6.45, 7) is 3.92. The van der Waals surface area contributed by atoms with Gasteiger partial charge in [0.1, 0.15) is 18.2 Å². The highest BCUT2D eigenvalue weighted by molar-refractivity contribution is 5.73. The molecule has 1 aliphatic rings. The second kappa shape index (κ2) is 10.7. The maximum absolute atomic E-state index is 12.2. The molecule has 0 saturated carbocycles. The molecule has 0 unspecified atom stereocenters. The maximum atomic E-state index is 12.2. The first-order chi connectivity index (χ1) is 14.5. The van der Waals surface area contributed by atoms with E-state index < -0.39 is 13.0 Å². The van der Waals surface area contributed by atoms with Gasteiger partial charge < -0.3 is 25.2 Å². The number of pyridine rings is 1. The van der Waals surface area contributed by atoms with Gasteiger partial charge in [-0.1, -0.05) is 18.2 Å². The van der Waals surface area contributed by atoms with Crippen LogP contribution in [0.3, 0.4) is 0 Å². The van der Waals surface area contributed by atoms with Gasteiger partial charge in [0.15, 0.2) is 0 Å². The summed E-state index contributed by atoms with van der Waals surface area (Å²) >= 11 is 0. The van der Waals surface area contributed by atoms with Gasteiger partial charge in [-0.05, 0) is 36.4 Å². The van der Waals surface area contributed by atoms with Crippen LogP contribution in [0.4, 0.5) is 19.4 Å². The number of ether oxygens (including phenoxy) is 1. The molecule has 1 aromatic carbocycles. The Kier molecular flexibility index (Phi) is 7.78. The van der Waals surface area contributed by atoms with E-state index in [1.807, 2.05) is 12.1 Å². The SMILES string of the molecule is CN1CCN(c2ccc(CNC(=O)NCc3cccc(OCC(F)F)c3)cn2)CC1. The van der Waals surface area contributed by atoms with E-state index in [-0.39, 0.29) is 12.6 Å².